The van der Waals surface area contributed by atoms with Crippen LogP contribution in [-0.2, 0) is 11.5 Å². The number of hydrogen-bond acceptors (Lipinski definition) is 2. The van der Waals surface area contributed by atoms with E-state index in [-0.39, 0.29) is 0 Å². The van der Waals surface area contributed by atoms with Crippen LogP contribution >= 0.6 is 15.9 Å². The first-order valence-corrected chi connectivity index (χ1v) is 11.9. The molecule has 0 unspecified atom stereocenters. The van der Waals surface area contributed by atoms with Crippen LogP contribution in [0, 0.1) is 0 Å². The van der Waals surface area contributed by atoms with Crippen molar-refractivity contribution in [2.24, 2.45) is 0 Å². The SMILES string of the molecule is C=CC(=C)c1nn(COCC[Si](C)(C)C)c2ccc(Br)cc12. The summed E-state index contributed by atoms with van der Waals surface area (Å²) in [4.78, 5) is 0. The van der Waals surface area contributed by atoms with Crippen LogP contribution in [0.1, 0.15) is 5.69 Å². The Balaban J connectivity index is 2.23. The highest BCUT2D eigenvalue weighted by molar-refractivity contribution is 9.10. The number of aromatic nitrogens is 2. The molecule has 3 nitrogen and oxygen atoms in total. The third kappa shape index (κ3) is 4.18. The second-order valence-electron chi connectivity index (χ2n) is 6.59. The molecule has 22 heavy (non-hydrogen) atoms. The highest BCUT2D eigenvalue weighted by atomic mass is 79.9. The quantitative estimate of drug-likeness (QED) is 0.370. The Morgan fingerprint density at radius 2 is 2.14 bits per heavy atom. The van der Waals surface area contributed by atoms with Crippen LogP contribution in [0.2, 0.25) is 25.7 Å². The predicted molar refractivity (Wildman–Crippen MR) is 101 cm³/mol. The summed E-state index contributed by atoms with van der Waals surface area (Å²) in [5.41, 5.74) is 2.73. The first-order valence-electron chi connectivity index (χ1n) is 7.37. The number of halogens is 1. The van der Waals surface area contributed by atoms with E-state index >= 15 is 0 Å². The summed E-state index contributed by atoms with van der Waals surface area (Å²) in [5.74, 6) is 0. The minimum absolute atomic E-state index is 0.465. The monoisotopic (exact) mass is 378 g/mol. The topological polar surface area (TPSA) is 27.1 Å². The molecule has 118 valence electrons. The van der Waals surface area contributed by atoms with E-state index < -0.39 is 8.07 Å². The fourth-order valence-corrected chi connectivity index (χ4v) is 3.23. The van der Waals surface area contributed by atoms with Gasteiger partial charge in [0.25, 0.3) is 0 Å². The van der Waals surface area contributed by atoms with Gasteiger partial charge < -0.3 is 4.74 Å². The maximum Gasteiger partial charge on any atom is 0.140 e. The largest absolute Gasteiger partial charge is 0.360 e. The number of ether oxygens (including phenoxy) is 1. The zero-order chi connectivity index (χ0) is 16.3. The van der Waals surface area contributed by atoms with Crippen molar-refractivity contribution in [3.8, 4) is 0 Å². The second-order valence-corrected chi connectivity index (χ2v) is 13.1. The Morgan fingerprint density at radius 1 is 1.41 bits per heavy atom. The minimum atomic E-state index is -1.06. The van der Waals surface area contributed by atoms with Crippen molar-refractivity contribution in [3.05, 3.63) is 47.6 Å². The van der Waals surface area contributed by atoms with Gasteiger partial charge in [-0.1, -0.05) is 54.8 Å². The summed E-state index contributed by atoms with van der Waals surface area (Å²) in [6.45, 7) is 16.1. The summed E-state index contributed by atoms with van der Waals surface area (Å²) in [6.07, 6.45) is 1.74. The van der Waals surface area contributed by atoms with Gasteiger partial charge in [0.05, 0.1) is 11.2 Å². The first-order chi connectivity index (χ1) is 10.3. The van der Waals surface area contributed by atoms with Gasteiger partial charge in [0.15, 0.2) is 0 Å². The molecule has 2 aromatic rings. The lowest BCUT2D eigenvalue weighted by Crippen LogP contribution is -2.22. The van der Waals surface area contributed by atoms with Crippen molar-refractivity contribution in [2.75, 3.05) is 6.61 Å². The van der Waals surface area contributed by atoms with E-state index in [1.54, 1.807) is 6.08 Å². The summed E-state index contributed by atoms with van der Waals surface area (Å²) < 4.78 is 8.75. The number of nitrogens with zero attached hydrogens (tertiary/aromatic N) is 2. The second kappa shape index (κ2) is 6.94. The van der Waals surface area contributed by atoms with E-state index in [1.165, 1.54) is 0 Å². The molecule has 5 heteroatoms. The maximum atomic E-state index is 5.83. The van der Waals surface area contributed by atoms with Crippen molar-refractivity contribution >= 4 is 40.5 Å². The Hall–Kier alpha value is -1.17. The molecule has 1 aromatic carbocycles. The molecule has 0 atom stereocenters. The molecule has 0 bridgehead atoms. The molecule has 0 fully saturated rings. The van der Waals surface area contributed by atoms with Crippen LogP contribution in [-0.4, -0.2) is 24.5 Å². The van der Waals surface area contributed by atoms with Gasteiger partial charge in [-0.2, -0.15) is 5.10 Å². The van der Waals surface area contributed by atoms with E-state index in [9.17, 15) is 0 Å². The molecule has 0 aliphatic heterocycles. The Morgan fingerprint density at radius 3 is 2.77 bits per heavy atom. The fraction of sp³-hybridized carbons (Fsp3) is 0.353. The summed E-state index contributed by atoms with van der Waals surface area (Å²) in [7, 11) is -1.06. The highest BCUT2D eigenvalue weighted by Crippen LogP contribution is 2.27. The predicted octanol–water partition coefficient (Wildman–Crippen LogP) is 5.31. The van der Waals surface area contributed by atoms with E-state index in [0.717, 1.165) is 39.3 Å². The van der Waals surface area contributed by atoms with Gasteiger partial charge in [0.1, 0.15) is 6.73 Å². The average Bonchev–Trinajstić information content (AvgIpc) is 2.79. The van der Waals surface area contributed by atoms with Gasteiger partial charge in [0, 0.05) is 24.5 Å². The highest BCUT2D eigenvalue weighted by Gasteiger charge is 2.14. The first kappa shape index (κ1) is 17.2. The van der Waals surface area contributed by atoms with E-state index in [1.807, 2.05) is 16.8 Å². The molecule has 0 aliphatic rings. The summed E-state index contributed by atoms with van der Waals surface area (Å²) in [6, 6.07) is 7.28. The van der Waals surface area contributed by atoms with Gasteiger partial charge in [0.2, 0.25) is 0 Å². The van der Waals surface area contributed by atoms with Gasteiger partial charge in [-0.3, -0.25) is 0 Å². The van der Waals surface area contributed by atoms with Gasteiger partial charge >= 0.3 is 0 Å². The van der Waals surface area contributed by atoms with Crippen molar-refractivity contribution < 1.29 is 4.74 Å². The summed E-state index contributed by atoms with van der Waals surface area (Å²) in [5, 5.41) is 5.71. The van der Waals surface area contributed by atoms with E-state index in [4.69, 9.17) is 4.74 Å². The third-order valence-corrected chi connectivity index (χ3v) is 5.67. The fourth-order valence-electron chi connectivity index (χ4n) is 2.11. The van der Waals surface area contributed by atoms with E-state index in [2.05, 4.69) is 59.9 Å². The molecule has 0 saturated carbocycles. The normalized spacial score (nSPS) is 11.8. The molecule has 0 amide bonds. The van der Waals surface area contributed by atoms with Gasteiger partial charge in [-0.25, -0.2) is 4.68 Å². The summed E-state index contributed by atoms with van der Waals surface area (Å²) >= 11 is 3.51. The zero-order valence-electron chi connectivity index (χ0n) is 13.5. The molecule has 2 rings (SSSR count). The molecule has 0 N–H and O–H groups in total. The van der Waals surface area contributed by atoms with Crippen LogP contribution in [0.5, 0.6) is 0 Å². The number of rotatable bonds is 7. The smallest absolute Gasteiger partial charge is 0.140 e. The standard InChI is InChI=1S/C17H23BrN2OSi/c1-6-13(2)17-15-11-14(18)7-8-16(15)20(19-17)12-21-9-10-22(3,4)5/h6-8,11H,1-2,9-10,12H2,3-5H3. The molecule has 0 aliphatic carbocycles. The van der Waals surface area contributed by atoms with E-state index in [0.29, 0.717) is 6.73 Å². The minimum Gasteiger partial charge on any atom is -0.360 e. The zero-order valence-corrected chi connectivity index (χ0v) is 16.1. The van der Waals surface area contributed by atoms with Crippen LogP contribution in [0.15, 0.2) is 41.9 Å². The van der Waals surface area contributed by atoms with Gasteiger partial charge in [-0.15, -0.1) is 0 Å². The van der Waals surface area contributed by atoms with Crippen LogP contribution in [0.25, 0.3) is 16.5 Å². The van der Waals surface area contributed by atoms with Crippen LogP contribution in [0.4, 0.5) is 0 Å². The number of benzene rings is 1. The molecule has 0 saturated heterocycles. The van der Waals surface area contributed by atoms with Crippen molar-refractivity contribution in [1.82, 2.24) is 9.78 Å². The lowest BCUT2D eigenvalue weighted by Gasteiger charge is -2.15. The molecule has 0 radical (unpaired) electrons. The van der Waals surface area contributed by atoms with Crippen LogP contribution in [0.3, 0.4) is 0 Å². The van der Waals surface area contributed by atoms with Gasteiger partial charge in [-0.05, 0) is 29.8 Å². The lowest BCUT2D eigenvalue weighted by atomic mass is 10.1. The molecule has 1 heterocycles. The number of allylic oxidation sites excluding steroid dienone is 2. The van der Waals surface area contributed by atoms with Crippen molar-refractivity contribution in [3.63, 3.8) is 0 Å². The average molecular weight is 379 g/mol. The van der Waals surface area contributed by atoms with Crippen molar-refractivity contribution in [2.45, 2.75) is 32.4 Å². The molecular weight excluding hydrogens is 356 g/mol. The molecule has 1 aromatic heterocycles. The lowest BCUT2D eigenvalue weighted by molar-refractivity contribution is 0.0816. The van der Waals surface area contributed by atoms with Crippen molar-refractivity contribution in [1.29, 1.82) is 0 Å². The Bertz CT molecular complexity index is 700. The maximum absolute atomic E-state index is 5.83. The Kier molecular flexibility index (Phi) is 5.42. The molecular formula is C17H23BrN2OSi. The number of fused-ring (bicyclic) bond motifs is 1. The van der Waals surface area contributed by atoms with Crippen LogP contribution < -0.4 is 0 Å². The number of hydrogen-bond donors (Lipinski definition) is 0. The molecule has 0 spiro atoms. The Labute approximate surface area is 141 Å². The third-order valence-electron chi connectivity index (χ3n) is 3.47.